The van der Waals surface area contributed by atoms with Gasteiger partial charge >= 0.3 is 0 Å². The second-order valence-electron chi connectivity index (χ2n) is 6.93. The summed E-state index contributed by atoms with van der Waals surface area (Å²) in [5.74, 6) is 0.256. The summed E-state index contributed by atoms with van der Waals surface area (Å²) in [6, 6.07) is 8.50. The number of aryl methyl sites for hydroxylation is 1. The minimum Gasteiger partial charge on any atom is -0.495 e. The van der Waals surface area contributed by atoms with Crippen LogP contribution in [0.5, 0.6) is 5.75 Å². The largest absolute Gasteiger partial charge is 0.495 e. The van der Waals surface area contributed by atoms with Crippen molar-refractivity contribution in [3.8, 4) is 5.75 Å². The van der Waals surface area contributed by atoms with Crippen LogP contribution in [0.15, 0.2) is 30.3 Å². The summed E-state index contributed by atoms with van der Waals surface area (Å²) in [4.78, 5) is 24.6. The van der Waals surface area contributed by atoms with E-state index >= 15 is 0 Å². The van der Waals surface area contributed by atoms with Gasteiger partial charge in [0.15, 0.2) is 0 Å². The van der Waals surface area contributed by atoms with Crippen LogP contribution in [0.3, 0.4) is 0 Å². The molecule has 1 atom stereocenters. The summed E-state index contributed by atoms with van der Waals surface area (Å²) < 4.78 is 5.31. The topological polar surface area (TPSA) is 79.5 Å². The quantitative estimate of drug-likeness (QED) is 0.555. The number of ether oxygens (including phenoxy) is 1. The van der Waals surface area contributed by atoms with E-state index in [1.54, 1.807) is 19.1 Å². The van der Waals surface area contributed by atoms with Gasteiger partial charge in [-0.1, -0.05) is 24.6 Å². The molecule has 156 valence electrons. The highest BCUT2D eigenvalue weighted by Crippen LogP contribution is 2.31. The van der Waals surface area contributed by atoms with E-state index in [1.807, 2.05) is 39.0 Å². The van der Waals surface area contributed by atoms with Crippen molar-refractivity contribution in [2.24, 2.45) is 0 Å². The molecule has 0 saturated heterocycles. The predicted octanol–water partition coefficient (Wildman–Crippen LogP) is 5.14. The van der Waals surface area contributed by atoms with Crippen molar-refractivity contribution in [2.45, 2.75) is 46.6 Å². The molecule has 0 saturated carbocycles. The zero-order chi connectivity index (χ0) is 21.6. The molecule has 0 aliphatic rings. The summed E-state index contributed by atoms with van der Waals surface area (Å²) in [5.41, 5.74) is 3.79. The summed E-state index contributed by atoms with van der Waals surface area (Å²) in [6.45, 7) is 7.50. The molecule has 0 spiro atoms. The number of rotatable bonds is 8. The van der Waals surface area contributed by atoms with Gasteiger partial charge in [-0.2, -0.15) is 0 Å². The third-order valence-electron chi connectivity index (χ3n) is 4.59. The summed E-state index contributed by atoms with van der Waals surface area (Å²) in [6.07, 6.45) is 1.26. The van der Waals surface area contributed by atoms with E-state index in [9.17, 15) is 9.59 Å². The molecule has 3 N–H and O–H groups in total. The van der Waals surface area contributed by atoms with Gasteiger partial charge < -0.3 is 20.7 Å². The maximum atomic E-state index is 12.7. The summed E-state index contributed by atoms with van der Waals surface area (Å²) in [5, 5.41) is 9.57. The number of carbonyl (C=O) groups excluding carboxylic acids is 2. The van der Waals surface area contributed by atoms with Crippen LogP contribution in [-0.4, -0.2) is 25.0 Å². The summed E-state index contributed by atoms with van der Waals surface area (Å²) in [7, 11) is 1.53. The molecule has 0 aliphatic heterocycles. The van der Waals surface area contributed by atoms with Crippen LogP contribution >= 0.6 is 11.6 Å². The first kappa shape index (κ1) is 22.6. The Morgan fingerprint density at radius 1 is 1.10 bits per heavy atom. The van der Waals surface area contributed by atoms with E-state index in [0.717, 1.165) is 28.9 Å². The summed E-state index contributed by atoms with van der Waals surface area (Å²) >= 11 is 6.12. The number of amides is 2. The van der Waals surface area contributed by atoms with E-state index in [-0.39, 0.29) is 11.8 Å². The first-order valence-electron chi connectivity index (χ1n) is 9.57. The number of hydrogen-bond donors (Lipinski definition) is 3. The Kier molecular flexibility index (Phi) is 7.91. The van der Waals surface area contributed by atoms with Crippen molar-refractivity contribution in [2.75, 3.05) is 23.1 Å². The Hall–Kier alpha value is -2.73. The van der Waals surface area contributed by atoms with Gasteiger partial charge in [-0.25, -0.2) is 0 Å². The number of methoxy groups -OCH3 is 1. The number of halogens is 1. The highest BCUT2D eigenvalue weighted by Gasteiger charge is 2.17. The SMILES string of the molecule is CCCC(=O)Nc1cccc(NC(C)C(=O)Nc2cc(C)c(Cl)cc2OC)c1C. The Morgan fingerprint density at radius 3 is 2.45 bits per heavy atom. The minimum absolute atomic E-state index is 0.0243. The van der Waals surface area contributed by atoms with Crippen LogP contribution in [0.25, 0.3) is 0 Å². The van der Waals surface area contributed by atoms with Crippen LogP contribution < -0.4 is 20.7 Å². The average Bonchev–Trinajstić information content (AvgIpc) is 2.67. The highest BCUT2D eigenvalue weighted by atomic mass is 35.5. The average molecular weight is 418 g/mol. The second kappa shape index (κ2) is 10.2. The molecule has 0 fully saturated rings. The fourth-order valence-electron chi connectivity index (χ4n) is 2.84. The molecule has 0 aromatic heterocycles. The highest BCUT2D eigenvalue weighted by molar-refractivity contribution is 6.31. The Labute approximate surface area is 177 Å². The van der Waals surface area contributed by atoms with Crippen molar-refractivity contribution in [1.29, 1.82) is 0 Å². The van der Waals surface area contributed by atoms with Gasteiger partial charge in [-0.15, -0.1) is 0 Å². The van der Waals surface area contributed by atoms with Crippen LogP contribution in [0.1, 0.15) is 37.8 Å². The molecule has 2 aromatic rings. The van der Waals surface area contributed by atoms with Crippen LogP contribution in [-0.2, 0) is 9.59 Å². The molecule has 6 nitrogen and oxygen atoms in total. The number of benzene rings is 2. The molecule has 0 aliphatic carbocycles. The van der Waals surface area contributed by atoms with Crippen molar-refractivity contribution in [1.82, 2.24) is 0 Å². The van der Waals surface area contributed by atoms with Gasteiger partial charge in [0.2, 0.25) is 11.8 Å². The predicted molar refractivity (Wildman–Crippen MR) is 119 cm³/mol. The van der Waals surface area contributed by atoms with Crippen molar-refractivity contribution >= 4 is 40.5 Å². The number of carbonyl (C=O) groups is 2. The third kappa shape index (κ3) is 5.87. The van der Waals surface area contributed by atoms with E-state index in [2.05, 4.69) is 16.0 Å². The molecular weight excluding hydrogens is 390 g/mol. The van der Waals surface area contributed by atoms with Crippen LogP contribution in [0, 0.1) is 13.8 Å². The smallest absolute Gasteiger partial charge is 0.246 e. The second-order valence-corrected chi connectivity index (χ2v) is 7.34. The fraction of sp³-hybridized carbons (Fsp3) is 0.364. The number of hydrogen-bond acceptors (Lipinski definition) is 4. The lowest BCUT2D eigenvalue weighted by Gasteiger charge is -2.20. The standard InChI is InChI=1S/C22H28ClN3O3/c1-6-8-21(27)25-18-10-7-9-17(14(18)3)24-15(4)22(28)26-19-11-13(2)16(23)12-20(19)29-5/h7,9-12,15,24H,6,8H2,1-5H3,(H,25,27)(H,26,28). The fourth-order valence-corrected chi connectivity index (χ4v) is 2.99. The van der Waals surface area contributed by atoms with E-state index < -0.39 is 6.04 Å². The molecule has 0 bridgehead atoms. The Bertz CT molecular complexity index is 899. The van der Waals surface area contributed by atoms with Crippen LogP contribution in [0.2, 0.25) is 5.02 Å². The van der Waals surface area contributed by atoms with Crippen molar-refractivity contribution < 1.29 is 14.3 Å². The maximum absolute atomic E-state index is 12.7. The molecule has 2 amide bonds. The van der Waals surface area contributed by atoms with Crippen molar-refractivity contribution in [3.05, 3.63) is 46.5 Å². The van der Waals surface area contributed by atoms with Gasteiger partial charge in [-0.3, -0.25) is 9.59 Å². The first-order chi connectivity index (χ1) is 13.8. The lowest BCUT2D eigenvalue weighted by Crippen LogP contribution is -2.32. The lowest BCUT2D eigenvalue weighted by atomic mass is 10.1. The first-order valence-corrected chi connectivity index (χ1v) is 9.95. The van der Waals surface area contributed by atoms with Crippen molar-refractivity contribution in [3.63, 3.8) is 0 Å². The third-order valence-corrected chi connectivity index (χ3v) is 5.00. The van der Waals surface area contributed by atoms with Gasteiger partial charge in [0, 0.05) is 28.9 Å². The van der Waals surface area contributed by atoms with E-state index in [0.29, 0.717) is 22.9 Å². The Morgan fingerprint density at radius 2 is 1.79 bits per heavy atom. The number of nitrogens with one attached hydrogen (secondary N) is 3. The van der Waals surface area contributed by atoms with Gasteiger partial charge in [0.25, 0.3) is 0 Å². The molecule has 2 aromatic carbocycles. The molecular formula is C22H28ClN3O3. The van der Waals surface area contributed by atoms with Gasteiger partial charge in [-0.05, 0) is 56.5 Å². The van der Waals surface area contributed by atoms with E-state index in [1.165, 1.54) is 7.11 Å². The number of anilines is 3. The van der Waals surface area contributed by atoms with Crippen LogP contribution in [0.4, 0.5) is 17.1 Å². The zero-order valence-electron chi connectivity index (χ0n) is 17.5. The Balaban J connectivity index is 2.12. The minimum atomic E-state index is -0.518. The monoisotopic (exact) mass is 417 g/mol. The van der Waals surface area contributed by atoms with Gasteiger partial charge in [0.05, 0.1) is 12.8 Å². The van der Waals surface area contributed by atoms with E-state index in [4.69, 9.17) is 16.3 Å². The normalized spacial score (nSPS) is 11.5. The molecule has 7 heteroatoms. The molecule has 0 radical (unpaired) electrons. The molecule has 1 unspecified atom stereocenters. The van der Waals surface area contributed by atoms with Gasteiger partial charge in [0.1, 0.15) is 11.8 Å². The maximum Gasteiger partial charge on any atom is 0.246 e. The zero-order valence-corrected chi connectivity index (χ0v) is 18.2. The molecule has 2 rings (SSSR count). The molecule has 0 heterocycles. The lowest BCUT2D eigenvalue weighted by molar-refractivity contribution is -0.117. The molecule has 29 heavy (non-hydrogen) atoms.